The summed E-state index contributed by atoms with van der Waals surface area (Å²) in [6, 6.07) is 26.3. The maximum absolute atomic E-state index is 7.78. The normalized spacial score (nSPS) is 9.82. The van der Waals surface area contributed by atoms with Crippen molar-refractivity contribution in [3.8, 4) is 22.3 Å². The molecule has 3 aromatic carbocycles. The minimum atomic E-state index is 0. The van der Waals surface area contributed by atoms with Gasteiger partial charge < -0.3 is 5.73 Å². The first-order valence-electron chi connectivity index (χ1n) is 6.85. The summed E-state index contributed by atoms with van der Waals surface area (Å²) in [5.74, 6) is 0.0912. The van der Waals surface area contributed by atoms with Crippen LogP contribution in [0.25, 0.3) is 22.3 Å². The predicted molar refractivity (Wildman–Crippen MR) is 95.6 cm³/mol. The Bertz CT molecular complexity index is 782. The molecular formula is C19H17ClN2. The number of nitrogens with two attached hydrogens (primary N) is 1. The van der Waals surface area contributed by atoms with Crippen LogP contribution in [-0.4, -0.2) is 5.84 Å². The van der Waals surface area contributed by atoms with E-state index in [0.29, 0.717) is 0 Å². The van der Waals surface area contributed by atoms with Gasteiger partial charge in [0.2, 0.25) is 0 Å². The van der Waals surface area contributed by atoms with Crippen molar-refractivity contribution < 1.29 is 0 Å². The minimum absolute atomic E-state index is 0. The monoisotopic (exact) mass is 308 g/mol. The molecule has 0 heterocycles. The van der Waals surface area contributed by atoms with Gasteiger partial charge in [0.1, 0.15) is 5.84 Å². The molecule has 0 spiro atoms. The van der Waals surface area contributed by atoms with Gasteiger partial charge in [-0.25, -0.2) is 0 Å². The second-order valence-corrected chi connectivity index (χ2v) is 4.87. The number of rotatable bonds is 3. The topological polar surface area (TPSA) is 49.9 Å². The standard InChI is InChI=1S/C19H16N2.ClH/c20-19(21)18-13-7-6-12-17(18)16-11-5-4-10-15(16)14-8-2-1-3-9-14;/h1-13H,(H3,20,21);1H. The smallest absolute Gasteiger partial charge is 0.123 e. The van der Waals surface area contributed by atoms with Crippen LogP contribution in [0.3, 0.4) is 0 Å². The van der Waals surface area contributed by atoms with E-state index in [-0.39, 0.29) is 18.2 Å². The molecule has 0 atom stereocenters. The molecule has 0 bridgehead atoms. The van der Waals surface area contributed by atoms with Crippen LogP contribution in [0.4, 0.5) is 0 Å². The first-order valence-corrected chi connectivity index (χ1v) is 6.85. The molecule has 3 heteroatoms. The molecule has 0 amide bonds. The highest BCUT2D eigenvalue weighted by Gasteiger charge is 2.11. The minimum Gasteiger partial charge on any atom is -0.384 e. The largest absolute Gasteiger partial charge is 0.384 e. The Labute approximate surface area is 136 Å². The number of hydrogen-bond acceptors (Lipinski definition) is 1. The van der Waals surface area contributed by atoms with E-state index in [1.165, 1.54) is 0 Å². The number of halogens is 1. The van der Waals surface area contributed by atoms with Crippen molar-refractivity contribution in [3.63, 3.8) is 0 Å². The Morgan fingerprint density at radius 3 is 1.77 bits per heavy atom. The van der Waals surface area contributed by atoms with Crippen molar-refractivity contribution in [2.75, 3.05) is 0 Å². The second kappa shape index (κ2) is 6.92. The van der Waals surface area contributed by atoms with Crippen molar-refractivity contribution in [1.82, 2.24) is 0 Å². The summed E-state index contributed by atoms with van der Waals surface area (Å²) in [5.41, 5.74) is 10.9. The highest BCUT2D eigenvalue weighted by atomic mass is 35.5. The molecule has 3 rings (SSSR count). The van der Waals surface area contributed by atoms with E-state index in [2.05, 4.69) is 24.3 Å². The van der Waals surface area contributed by atoms with Crippen LogP contribution < -0.4 is 5.73 Å². The van der Waals surface area contributed by atoms with E-state index < -0.39 is 0 Å². The van der Waals surface area contributed by atoms with Crippen LogP contribution in [0.1, 0.15) is 5.56 Å². The molecule has 0 aromatic heterocycles. The molecule has 0 saturated carbocycles. The molecule has 0 fully saturated rings. The first kappa shape index (κ1) is 15.8. The Hall–Kier alpha value is -2.58. The molecule has 0 radical (unpaired) electrons. The van der Waals surface area contributed by atoms with Crippen LogP contribution in [0.5, 0.6) is 0 Å². The number of hydrogen-bond donors (Lipinski definition) is 2. The van der Waals surface area contributed by atoms with E-state index in [4.69, 9.17) is 11.1 Å². The summed E-state index contributed by atoms with van der Waals surface area (Å²) in [5, 5.41) is 7.78. The number of nitrogen functional groups attached to an aromatic ring is 1. The summed E-state index contributed by atoms with van der Waals surface area (Å²) in [6.45, 7) is 0. The maximum Gasteiger partial charge on any atom is 0.123 e. The summed E-state index contributed by atoms with van der Waals surface area (Å²) in [4.78, 5) is 0. The Balaban J connectivity index is 0.00000176. The van der Waals surface area contributed by atoms with Crippen molar-refractivity contribution >= 4 is 18.2 Å². The molecule has 0 aliphatic rings. The Kier molecular flexibility index (Phi) is 4.97. The lowest BCUT2D eigenvalue weighted by molar-refractivity contribution is 1.42. The van der Waals surface area contributed by atoms with Crippen molar-refractivity contribution in [1.29, 1.82) is 5.41 Å². The molecule has 110 valence electrons. The average Bonchev–Trinajstić information content (AvgIpc) is 2.55. The fraction of sp³-hybridized carbons (Fsp3) is 0. The summed E-state index contributed by atoms with van der Waals surface area (Å²) >= 11 is 0. The summed E-state index contributed by atoms with van der Waals surface area (Å²) in [6.07, 6.45) is 0. The average molecular weight is 309 g/mol. The van der Waals surface area contributed by atoms with Gasteiger partial charge in [0.25, 0.3) is 0 Å². The van der Waals surface area contributed by atoms with E-state index in [9.17, 15) is 0 Å². The van der Waals surface area contributed by atoms with Crippen molar-refractivity contribution in [2.45, 2.75) is 0 Å². The van der Waals surface area contributed by atoms with Gasteiger partial charge in [0.05, 0.1) is 0 Å². The van der Waals surface area contributed by atoms with Crippen molar-refractivity contribution in [3.05, 3.63) is 84.4 Å². The highest BCUT2D eigenvalue weighted by molar-refractivity contribution is 6.03. The quantitative estimate of drug-likeness (QED) is 0.533. The zero-order valence-corrected chi connectivity index (χ0v) is 12.8. The van der Waals surface area contributed by atoms with Crippen LogP contribution in [0.15, 0.2) is 78.9 Å². The van der Waals surface area contributed by atoms with Crippen LogP contribution in [-0.2, 0) is 0 Å². The summed E-state index contributed by atoms with van der Waals surface area (Å²) in [7, 11) is 0. The highest BCUT2D eigenvalue weighted by Crippen LogP contribution is 2.33. The fourth-order valence-corrected chi connectivity index (χ4v) is 2.54. The molecule has 3 aromatic rings. The first-order chi connectivity index (χ1) is 10.3. The lowest BCUT2D eigenvalue weighted by Gasteiger charge is -2.13. The number of benzene rings is 3. The molecule has 0 saturated heterocycles. The SMILES string of the molecule is Cl.N=C(N)c1ccccc1-c1ccccc1-c1ccccc1. The van der Waals surface area contributed by atoms with Crippen LogP contribution in [0.2, 0.25) is 0 Å². The maximum atomic E-state index is 7.78. The lowest BCUT2D eigenvalue weighted by atomic mass is 9.91. The fourth-order valence-electron chi connectivity index (χ4n) is 2.54. The zero-order valence-electron chi connectivity index (χ0n) is 12.0. The van der Waals surface area contributed by atoms with E-state index in [1.807, 2.05) is 54.6 Å². The van der Waals surface area contributed by atoms with E-state index >= 15 is 0 Å². The van der Waals surface area contributed by atoms with Gasteiger partial charge in [-0.1, -0.05) is 78.9 Å². The van der Waals surface area contributed by atoms with Crippen LogP contribution >= 0.6 is 12.4 Å². The predicted octanol–water partition coefficient (Wildman–Crippen LogP) is 4.73. The number of amidine groups is 1. The third kappa shape index (κ3) is 3.02. The molecule has 22 heavy (non-hydrogen) atoms. The van der Waals surface area contributed by atoms with Crippen molar-refractivity contribution in [2.24, 2.45) is 5.73 Å². The molecule has 0 unspecified atom stereocenters. The van der Waals surface area contributed by atoms with E-state index in [1.54, 1.807) is 0 Å². The molecular weight excluding hydrogens is 292 g/mol. The molecule has 0 aliphatic heterocycles. The van der Waals surface area contributed by atoms with Gasteiger partial charge in [-0.05, 0) is 22.3 Å². The van der Waals surface area contributed by atoms with Gasteiger partial charge >= 0.3 is 0 Å². The van der Waals surface area contributed by atoms with Gasteiger partial charge in [-0.3, -0.25) is 5.41 Å². The second-order valence-electron chi connectivity index (χ2n) is 4.87. The van der Waals surface area contributed by atoms with Crippen LogP contribution in [0, 0.1) is 5.41 Å². The molecule has 0 aliphatic carbocycles. The Morgan fingerprint density at radius 1 is 0.636 bits per heavy atom. The number of nitrogens with one attached hydrogen (secondary N) is 1. The molecule has 2 nitrogen and oxygen atoms in total. The zero-order chi connectivity index (χ0) is 14.7. The molecule has 3 N–H and O–H groups in total. The van der Waals surface area contributed by atoms with Gasteiger partial charge in [0.15, 0.2) is 0 Å². The van der Waals surface area contributed by atoms with Gasteiger partial charge in [-0.2, -0.15) is 0 Å². The van der Waals surface area contributed by atoms with E-state index in [0.717, 1.165) is 27.8 Å². The Morgan fingerprint density at radius 2 is 1.14 bits per heavy atom. The summed E-state index contributed by atoms with van der Waals surface area (Å²) < 4.78 is 0. The lowest BCUT2D eigenvalue weighted by Crippen LogP contribution is -2.12. The third-order valence-electron chi connectivity index (χ3n) is 3.52. The van der Waals surface area contributed by atoms with Gasteiger partial charge in [-0.15, -0.1) is 12.4 Å². The third-order valence-corrected chi connectivity index (χ3v) is 3.52. The van der Waals surface area contributed by atoms with Gasteiger partial charge in [0, 0.05) is 5.56 Å².